The van der Waals surface area contributed by atoms with E-state index in [9.17, 15) is 14.3 Å². The van der Waals surface area contributed by atoms with Gasteiger partial charge in [-0.3, -0.25) is 0 Å². The van der Waals surface area contributed by atoms with Gasteiger partial charge in [0.25, 0.3) is 0 Å². The van der Waals surface area contributed by atoms with Gasteiger partial charge in [0.15, 0.2) is 0 Å². The number of quaternary nitrogens is 1. The molecule has 0 heterocycles. The summed E-state index contributed by atoms with van der Waals surface area (Å²) in [5, 5.41) is -0.807. The Morgan fingerprint density at radius 3 is 1.56 bits per heavy atom. The molecule has 0 aromatic carbocycles. The van der Waals surface area contributed by atoms with Crippen LogP contribution in [0.5, 0.6) is 0 Å². The molecule has 0 aliphatic heterocycles. The average molecular weight is 505 g/mol. The van der Waals surface area contributed by atoms with Crippen LogP contribution in [-0.2, 0) is 9.09 Å². The number of unbranched alkanes of at least 4 members (excludes halogenated alkanes) is 10. The Morgan fingerprint density at radius 1 is 0.676 bits per heavy atom. The first-order valence-electron chi connectivity index (χ1n) is 14.7. The van der Waals surface area contributed by atoms with E-state index in [-0.39, 0.29) is 4.48 Å². The number of carbonyl (C=O) groups excluding carboxylic acids is 1. The largest absolute Gasteiger partial charge is 0.522 e. The van der Waals surface area contributed by atoms with Crippen molar-refractivity contribution in [3.63, 3.8) is 0 Å². The Morgan fingerprint density at radius 2 is 1.09 bits per heavy atom. The van der Waals surface area contributed by atoms with Crippen molar-refractivity contribution < 1.29 is 23.3 Å². The number of carbonyl (C=O) groups is 1. The molecule has 0 saturated carbocycles. The van der Waals surface area contributed by atoms with Crippen LogP contribution in [0.4, 0.5) is 4.79 Å². The molecule has 34 heavy (non-hydrogen) atoms. The fourth-order valence-corrected chi connectivity index (χ4v) is 6.97. The van der Waals surface area contributed by atoms with Gasteiger partial charge in [-0.15, -0.1) is 0 Å². The highest BCUT2D eigenvalue weighted by Crippen LogP contribution is 2.62. The van der Waals surface area contributed by atoms with Gasteiger partial charge < -0.3 is 9.42 Å². The number of amides is 1. The van der Waals surface area contributed by atoms with Gasteiger partial charge in [0.2, 0.25) is 0 Å². The second-order valence-corrected chi connectivity index (χ2v) is 12.6. The van der Waals surface area contributed by atoms with E-state index in [0.29, 0.717) is 38.9 Å². The zero-order chi connectivity index (χ0) is 25.9. The Bertz CT molecular complexity index is 555. The molecule has 1 N–H and O–H groups in total. The summed E-state index contributed by atoms with van der Waals surface area (Å²) in [5.41, 5.74) is 0. The summed E-state index contributed by atoms with van der Waals surface area (Å²) in [5.74, 6) is 0. The molecule has 0 bridgehead atoms. The van der Waals surface area contributed by atoms with Crippen molar-refractivity contribution in [2.45, 2.75) is 156 Å². The Labute approximate surface area is 212 Å². The molecule has 0 aromatic rings. The number of rotatable bonds is 22. The van der Waals surface area contributed by atoms with Crippen LogP contribution in [0.25, 0.3) is 0 Å². The molecule has 0 saturated heterocycles. The number of hydrogen-bond acceptors (Lipinski definition) is 3. The molecule has 1 amide bonds. The van der Waals surface area contributed by atoms with E-state index in [4.69, 9.17) is 4.52 Å². The lowest BCUT2D eigenvalue weighted by Crippen LogP contribution is -2.53. The highest BCUT2D eigenvalue weighted by molar-refractivity contribution is 7.55. The molecule has 204 valence electrons. The number of nitrogens with zero attached hydrogens (tertiary/aromatic N) is 1. The average Bonchev–Trinajstić information content (AvgIpc) is 2.82. The third-order valence-corrected chi connectivity index (χ3v) is 10.1. The van der Waals surface area contributed by atoms with Crippen molar-refractivity contribution >= 4 is 13.7 Å². The van der Waals surface area contributed by atoms with Crippen molar-refractivity contribution in [2.75, 3.05) is 19.6 Å². The molecule has 6 heteroatoms. The quantitative estimate of drug-likeness (QED) is 0.0905. The van der Waals surface area contributed by atoms with Gasteiger partial charge in [0.05, 0.1) is 24.8 Å². The van der Waals surface area contributed by atoms with E-state index in [0.717, 1.165) is 64.2 Å². The third kappa shape index (κ3) is 11.1. The van der Waals surface area contributed by atoms with Crippen LogP contribution in [0.3, 0.4) is 0 Å². The maximum absolute atomic E-state index is 14.0. The van der Waals surface area contributed by atoms with Crippen LogP contribution in [-0.4, -0.2) is 40.3 Å². The summed E-state index contributed by atoms with van der Waals surface area (Å²) < 4.78 is 19.9. The van der Waals surface area contributed by atoms with Crippen LogP contribution < -0.4 is 0 Å². The predicted molar refractivity (Wildman–Crippen MR) is 146 cm³/mol. The first kappa shape index (κ1) is 33.6. The lowest BCUT2D eigenvalue weighted by atomic mass is 9.89. The van der Waals surface area contributed by atoms with Crippen molar-refractivity contribution in [3.8, 4) is 0 Å². The highest BCUT2D eigenvalue weighted by Gasteiger charge is 2.52. The number of hydrogen-bond donors (Lipinski definition) is 1. The van der Waals surface area contributed by atoms with Gasteiger partial charge in [-0.2, -0.15) is 4.79 Å². The molecule has 0 aromatic heterocycles. The van der Waals surface area contributed by atoms with Gasteiger partial charge in [-0.25, -0.2) is 9.05 Å². The summed E-state index contributed by atoms with van der Waals surface area (Å²) >= 11 is 0. The van der Waals surface area contributed by atoms with E-state index < -0.39 is 18.8 Å². The maximum Gasteiger partial charge on any atom is 0.522 e. The Hall–Kier alpha value is -0.380. The summed E-state index contributed by atoms with van der Waals surface area (Å²) in [6.07, 6.45) is 16.4. The second kappa shape index (κ2) is 18.8. The minimum absolute atomic E-state index is 0.142. The fraction of sp³-hybridized carbons (Fsp3) is 0.964. The summed E-state index contributed by atoms with van der Waals surface area (Å²) in [4.78, 5) is 24.9. The van der Waals surface area contributed by atoms with Crippen LogP contribution in [0, 0.1) is 0 Å². The van der Waals surface area contributed by atoms with E-state index >= 15 is 0 Å². The summed E-state index contributed by atoms with van der Waals surface area (Å²) in [6.45, 7) is 14.5. The lowest BCUT2D eigenvalue weighted by molar-refractivity contribution is -0.853. The van der Waals surface area contributed by atoms with E-state index in [1.807, 2.05) is 13.8 Å². The third-order valence-electron chi connectivity index (χ3n) is 7.83. The minimum atomic E-state index is -4.14. The molecule has 1 atom stereocenters. The SMILES string of the molecule is CCCCCCCCC(CCCC)(CCCC)P(=O)(O)OC(=O)[N+](CC)(CC)CCCCCC. The monoisotopic (exact) mass is 504 g/mol. The predicted octanol–water partition coefficient (Wildman–Crippen LogP) is 9.62. The van der Waals surface area contributed by atoms with Gasteiger partial charge >= 0.3 is 13.7 Å². The van der Waals surface area contributed by atoms with Gasteiger partial charge in [0.1, 0.15) is 0 Å². The van der Waals surface area contributed by atoms with Crippen LogP contribution in [0.15, 0.2) is 0 Å². The normalized spacial score (nSPS) is 14.2. The molecule has 1 unspecified atom stereocenters. The zero-order valence-electron chi connectivity index (χ0n) is 23.7. The molecule has 0 spiro atoms. The van der Waals surface area contributed by atoms with E-state index in [2.05, 4.69) is 27.7 Å². The van der Waals surface area contributed by atoms with Crippen molar-refractivity contribution in [3.05, 3.63) is 0 Å². The zero-order valence-corrected chi connectivity index (χ0v) is 24.6. The first-order chi connectivity index (χ1) is 16.2. The fourth-order valence-electron chi connectivity index (χ4n) is 5.06. The topological polar surface area (TPSA) is 63.6 Å². The lowest BCUT2D eigenvalue weighted by Gasteiger charge is -2.39. The minimum Gasteiger partial charge on any atom is -0.343 e. The van der Waals surface area contributed by atoms with Crippen molar-refractivity contribution in [2.24, 2.45) is 0 Å². The van der Waals surface area contributed by atoms with Crippen molar-refractivity contribution in [1.29, 1.82) is 0 Å². The second-order valence-electron chi connectivity index (χ2n) is 10.4. The van der Waals surface area contributed by atoms with Crippen LogP contribution in [0.1, 0.15) is 151 Å². The Kier molecular flexibility index (Phi) is 18.6. The molecular weight excluding hydrogens is 445 g/mol. The molecular formula is C28H59NO4P+. The maximum atomic E-state index is 14.0. The van der Waals surface area contributed by atoms with Crippen molar-refractivity contribution in [1.82, 2.24) is 0 Å². The first-order valence-corrected chi connectivity index (χ1v) is 16.3. The van der Waals surface area contributed by atoms with E-state index in [1.165, 1.54) is 25.7 Å². The molecule has 0 radical (unpaired) electrons. The van der Waals surface area contributed by atoms with Crippen LogP contribution in [0.2, 0.25) is 0 Å². The summed E-state index contributed by atoms with van der Waals surface area (Å²) in [7, 11) is -4.14. The molecule has 5 nitrogen and oxygen atoms in total. The molecule has 0 aliphatic carbocycles. The highest BCUT2D eigenvalue weighted by atomic mass is 31.2. The smallest absolute Gasteiger partial charge is 0.343 e. The summed E-state index contributed by atoms with van der Waals surface area (Å²) in [6, 6.07) is 0. The molecule has 0 rings (SSSR count). The standard InChI is InChI=1S/C28H58NO4P/c1-7-13-17-19-20-21-25-28(23-15-9-3,24-16-10-4)34(31,32)33-27(30)29(11-5,12-6)26-22-18-14-8-2/h7-26H2,1-6H3/p+1. The van der Waals surface area contributed by atoms with Gasteiger partial charge in [-0.05, 0) is 46.0 Å². The molecule has 0 aliphatic rings. The van der Waals surface area contributed by atoms with Gasteiger partial charge in [0, 0.05) is 0 Å². The molecule has 0 fully saturated rings. The van der Waals surface area contributed by atoms with Gasteiger partial charge in [-0.1, -0.05) is 105 Å². The van der Waals surface area contributed by atoms with E-state index in [1.54, 1.807) is 0 Å². The van der Waals surface area contributed by atoms with Crippen LogP contribution >= 0.6 is 7.60 Å². The Balaban J connectivity index is 5.69.